The second kappa shape index (κ2) is 11.8. The highest BCUT2D eigenvalue weighted by Crippen LogP contribution is 2.42. The SMILES string of the molecule is COc1cc(C)c(CN(C)Cc2nc3c(CN4CCC5(CC4)CCN(c4ccncc4)CC5)cccc3[nH]2)c(C)c1. The van der Waals surface area contributed by atoms with Gasteiger partial charge in [0.25, 0.3) is 0 Å². The third-order valence-corrected chi connectivity index (χ3v) is 9.56. The van der Waals surface area contributed by atoms with E-state index in [1.165, 1.54) is 66.7 Å². The summed E-state index contributed by atoms with van der Waals surface area (Å²) in [5.74, 6) is 1.95. The van der Waals surface area contributed by atoms with Crippen molar-refractivity contribution in [2.24, 2.45) is 5.41 Å². The lowest BCUT2D eigenvalue weighted by Gasteiger charge is -2.47. The highest BCUT2D eigenvalue weighted by atomic mass is 16.5. The summed E-state index contributed by atoms with van der Waals surface area (Å²) in [6.45, 7) is 11.6. The minimum absolute atomic E-state index is 0.511. The molecule has 216 valence electrons. The number of para-hydroxylation sites is 1. The number of pyridine rings is 1. The number of aromatic nitrogens is 3. The molecule has 2 aromatic carbocycles. The van der Waals surface area contributed by atoms with Gasteiger partial charge in [-0.1, -0.05) is 12.1 Å². The third kappa shape index (κ3) is 6.11. The maximum absolute atomic E-state index is 5.44. The van der Waals surface area contributed by atoms with Crippen LogP contribution in [0.5, 0.6) is 5.75 Å². The van der Waals surface area contributed by atoms with Crippen molar-refractivity contribution in [2.75, 3.05) is 45.2 Å². The van der Waals surface area contributed by atoms with Crippen LogP contribution in [0.25, 0.3) is 11.0 Å². The highest BCUT2D eigenvalue weighted by Gasteiger charge is 2.37. The van der Waals surface area contributed by atoms with Crippen molar-refractivity contribution in [3.63, 3.8) is 0 Å². The Morgan fingerprint density at radius 2 is 1.61 bits per heavy atom. The number of likely N-dealkylation sites (tertiary alicyclic amines) is 1. The summed E-state index contributed by atoms with van der Waals surface area (Å²) in [6.07, 6.45) is 9.00. The molecule has 1 spiro atoms. The van der Waals surface area contributed by atoms with Crippen LogP contribution in [0.3, 0.4) is 0 Å². The van der Waals surface area contributed by atoms with E-state index >= 15 is 0 Å². The zero-order valence-electron chi connectivity index (χ0n) is 25.1. The molecule has 6 rings (SSSR count). The van der Waals surface area contributed by atoms with E-state index < -0.39 is 0 Å². The average Bonchev–Trinajstić information content (AvgIpc) is 3.40. The van der Waals surface area contributed by atoms with E-state index in [-0.39, 0.29) is 0 Å². The number of anilines is 1. The van der Waals surface area contributed by atoms with E-state index in [4.69, 9.17) is 9.72 Å². The standard InChI is InChI=1S/C34H44N6O/c1-25-20-29(41-4)21-26(2)30(25)23-38(3)24-32-36-31-7-5-6-27(33(31)37-32)22-39-16-10-34(11-17-39)12-18-40(19-13-34)28-8-14-35-15-9-28/h5-9,14-15,20-21H,10-13,16-19,22-24H2,1-4H3,(H,36,37). The number of piperidine rings is 2. The molecular weight excluding hydrogens is 508 g/mol. The first-order chi connectivity index (χ1) is 19.9. The van der Waals surface area contributed by atoms with E-state index in [2.05, 4.69) is 88.0 Å². The van der Waals surface area contributed by atoms with E-state index in [0.29, 0.717) is 5.41 Å². The Hall–Kier alpha value is -3.42. The molecule has 41 heavy (non-hydrogen) atoms. The van der Waals surface area contributed by atoms with Crippen LogP contribution in [0.4, 0.5) is 5.69 Å². The fourth-order valence-electron chi connectivity index (χ4n) is 6.97. The highest BCUT2D eigenvalue weighted by molar-refractivity contribution is 5.78. The predicted molar refractivity (Wildman–Crippen MR) is 166 cm³/mol. The van der Waals surface area contributed by atoms with E-state index in [1.54, 1.807) is 7.11 Å². The van der Waals surface area contributed by atoms with Crippen LogP contribution in [0.1, 0.15) is 53.8 Å². The molecule has 4 heterocycles. The lowest BCUT2D eigenvalue weighted by atomic mass is 9.71. The van der Waals surface area contributed by atoms with Gasteiger partial charge in [-0.15, -0.1) is 0 Å². The van der Waals surface area contributed by atoms with Crippen LogP contribution < -0.4 is 9.64 Å². The Balaban J connectivity index is 1.06. The Morgan fingerprint density at radius 1 is 0.927 bits per heavy atom. The Kier molecular flexibility index (Phi) is 8.00. The average molecular weight is 553 g/mol. The van der Waals surface area contributed by atoms with Crippen molar-refractivity contribution in [1.29, 1.82) is 0 Å². The van der Waals surface area contributed by atoms with Gasteiger partial charge in [0, 0.05) is 44.3 Å². The maximum atomic E-state index is 5.44. The molecular formula is C34H44N6O. The van der Waals surface area contributed by atoms with Gasteiger partial charge in [-0.05, 0) is 118 Å². The van der Waals surface area contributed by atoms with Crippen molar-refractivity contribution in [2.45, 2.75) is 59.2 Å². The quantitative estimate of drug-likeness (QED) is 0.285. The smallest absolute Gasteiger partial charge is 0.121 e. The summed E-state index contributed by atoms with van der Waals surface area (Å²) >= 11 is 0. The molecule has 2 aliphatic rings. The molecule has 0 unspecified atom stereocenters. The number of benzene rings is 2. The third-order valence-electron chi connectivity index (χ3n) is 9.56. The number of nitrogens with zero attached hydrogens (tertiary/aromatic N) is 5. The van der Waals surface area contributed by atoms with Gasteiger partial charge in [-0.3, -0.25) is 14.8 Å². The normalized spacial score (nSPS) is 17.5. The minimum Gasteiger partial charge on any atom is -0.497 e. The van der Waals surface area contributed by atoms with E-state index in [0.717, 1.165) is 55.3 Å². The van der Waals surface area contributed by atoms with Gasteiger partial charge in [0.15, 0.2) is 0 Å². The van der Waals surface area contributed by atoms with Gasteiger partial charge in [0.05, 0.1) is 24.7 Å². The molecule has 2 aromatic heterocycles. The molecule has 0 aliphatic carbocycles. The molecule has 4 aromatic rings. The van der Waals surface area contributed by atoms with Gasteiger partial charge < -0.3 is 14.6 Å². The molecule has 2 fully saturated rings. The maximum Gasteiger partial charge on any atom is 0.121 e. The number of fused-ring (bicyclic) bond motifs is 1. The fourth-order valence-corrected chi connectivity index (χ4v) is 6.97. The van der Waals surface area contributed by atoms with Gasteiger partial charge in [0.1, 0.15) is 11.6 Å². The van der Waals surface area contributed by atoms with Gasteiger partial charge in [0.2, 0.25) is 0 Å². The van der Waals surface area contributed by atoms with Crippen LogP contribution >= 0.6 is 0 Å². The number of nitrogens with one attached hydrogen (secondary N) is 1. The Bertz CT molecular complexity index is 1440. The summed E-state index contributed by atoms with van der Waals surface area (Å²) in [5, 5.41) is 0. The van der Waals surface area contributed by atoms with Gasteiger partial charge in [-0.25, -0.2) is 4.98 Å². The molecule has 0 saturated carbocycles. The van der Waals surface area contributed by atoms with Crippen LogP contribution in [0, 0.1) is 19.3 Å². The molecule has 1 N–H and O–H groups in total. The van der Waals surface area contributed by atoms with Crippen molar-refractivity contribution in [3.05, 3.63) is 82.9 Å². The first-order valence-electron chi connectivity index (χ1n) is 15.1. The second-order valence-electron chi connectivity index (χ2n) is 12.4. The fraction of sp³-hybridized carbons (Fsp3) is 0.471. The topological polar surface area (TPSA) is 60.5 Å². The minimum atomic E-state index is 0.511. The second-order valence-corrected chi connectivity index (χ2v) is 12.4. The molecule has 7 heteroatoms. The number of imidazole rings is 1. The Labute approximate surface area is 244 Å². The number of hydrogen-bond acceptors (Lipinski definition) is 6. The summed E-state index contributed by atoms with van der Waals surface area (Å²) in [7, 11) is 3.90. The van der Waals surface area contributed by atoms with Gasteiger partial charge >= 0.3 is 0 Å². The van der Waals surface area contributed by atoms with Crippen molar-refractivity contribution >= 4 is 16.7 Å². The summed E-state index contributed by atoms with van der Waals surface area (Å²) < 4.78 is 5.44. The molecule has 0 atom stereocenters. The summed E-state index contributed by atoms with van der Waals surface area (Å²) in [6, 6.07) is 15.1. The lowest BCUT2D eigenvalue weighted by Crippen LogP contribution is -2.46. The van der Waals surface area contributed by atoms with E-state index in [9.17, 15) is 0 Å². The number of hydrogen-bond donors (Lipinski definition) is 1. The largest absolute Gasteiger partial charge is 0.497 e. The molecule has 0 radical (unpaired) electrons. The first-order valence-corrected chi connectivity index (χ1v) is 15.1. The number of ether oxygens (including phenoxy) is 1. The molecule has 0 bridgehead atoms. The van der Waals surface area contributed by atoms with Crippen LogP contribution in [-0.2, 0) is 19.6 Å². The number of aryl methyl sites for hydroxylation is 2. The molecule has 2 saturated heterocycles. The van der Waals surface area contributed by atoms with Crippen molar-refractivity contribution in [1.82, 2.24) is 24.8 Å². The summed E-state index contributed by atoms with van der Waals surface area (Å²) in [5.41, 5.74) is 9.31. The van der Waals surface area contributed by atoms with Crippen molar-refractivity contribution < 1.29 is 4.74 Å². The molecule has 2 aliphatic heterocycles. The number of methoxy groups -OCH3 is 1. The number of rotatable bonds is 8. The Morgan fingerprint density at radius 3 is 2.29 bits per heavy atom. The lowest BCUT2D eigenvalue weighted by molar-refractivity contribution is 0.0760. The van der Waals surface area contributed by atoms with Crippen molar-refractivity contribution in [3.8, 4) is 5.75 Å². The number of H-pyrrole nitrogens is 1. The van der Waals surface area contributed by atoms with Crippen LogP contribution in [-0.4, -0.2) is 65.1 Å². The molecule has 7 nitrogen and oxygen atoms in total. The van der Waals surface area contributed by atoms with Crippen LogP contribution in [0.15, 0.2) is 54.9 Å². The van der Waals surface area contributed by atoms with Gasteiger partial charge in [-0.2, -0.15) is 0 Å². The predicted octanol–water partition coefficient (Wildman–Crippen LogP) is 6.10. The van der Waals surface area contributed by atoms with E-state index in [1.807, 2.05) is 12.4 Å². The monoisotopic (exact) mass is 552 g/mol. The summed E-state index contributed by atoms with van der Waals surface area (Å²) in [4.78, 5) is 20.4. The zero-order valence-corrected chi connectivity index (χ0v) is 25.1. The first kappa shape index (κ1) is 27.7. The number of aromatic amines is 1. The zero-order chi connectivity index (χ0) is 28.4. The van der Waals surface area contributed by atoms with Crippen LogP contribution in [0.2, 0.25) is 0 Å². The molecule has 0 amide bonds.